The zero-order valence-electron chi connectivity index (χ0n) is 17.8. The molecule has 1 amide bonds. The highest BCUT2D eigenvalue weighted by atomic mass is 79.9. The molecule has 31 heavy (non-hydrogen) atoms. The van der Waals surface area contributed by atoms with Gasteiger partial charge in [0.05, 0.1) is 6.04 Å². The number of carbonyl (C=O) groups is 1. The number of allylic oxidation sites excluding steroid dienone is 2. The van der Waals surface area contributed by atoms with E-state index >= 15 is 0 Å². The Morgan fingerprint density at radius 3 is 2.48 bits per heavy atom. The Kier molecular flexibility index (Phi) is 6.89. The number of likely N-dealkylation sites (tertiary alicyclic amines) is 1. The first-order valence-corrected chi connectivity index (χ1v) is 11.7. The van der Waals surface area contributed by atoms with E-state index in [1.165, 1.54) is 5.56 Å². The Morgan fingerprint density at radius 1 is 1.06 bits per heavy atom. The molecule has 1 unspecified atom stereocenters. The average Bonchev–Trinajstić information content (AvgIpc) is 2.80. The van der Waals surface area contributed by atoms with Gasteiger partial charge in [-0.05, 0) is 54.2 Å². The third-order valence-corrected chi connectivity index (χ3v) is 6.96. The van der Waals surface area contributed by atoms with Crippen LogP contribution in [0.2, 0.25) is 0 Å². The van der Waals surface area contributed by atoms with E-state index in [4.69, 9.17) is 0 Å². The molecule has 1 fully saturated rings. The summed E-state index contributed by atoms with van der Waals surface area (Å²) in [5.74, 6) is 0.185. The van der Waals surface area contributed by atoms with E-state index in [0.29, 0.717) is 6.04 Å². The normalized spacial score (nSPS) is 19.1. The molecule has 0 spiro atoms. The van der Waals surface area contributed by atoms with Gasteiger partial charge in [-0.2, -0.15) is 0 Å². The first kappa shape index (κ1) is 21.8. The third kappa shape index (κ3) is 4.60. The molecule has 0 N–H and O–H groups in total. The maximum Gasteiger partial charge on any atom is 0.254 e. The molecule has 0 bridgehead atoms. The van der Waals surface area contributed by atoms with Gasteiger partial charge in [-0.3, -0.25) is 9.69 Å². The van der Waals surface area contributed by atoms with E-state index < -0.39 is 0 Å². The summed E-state index contributed by atoms with van der Waals surface area (Å²) in [6.45, 7) is 10.6. The van der Waals surface area contributed by atoms with Gasteiger partial charge in [0.25, 0.3) is 5.91 Å². The SMILES string of the molecule is C=C/C=C(\C=C)C(c1ccccc1)N1CCC(N2CCc3cc(Br)ccc3C2=O)CC1. The van der Waals surface area contributed by atoms with Crippen molar-refractivity contribution in [3.8, 4) is 0 Å². The molecule has 4 heteroatoms. The summed E-state index contributed by atoms with van der Waals surface area (Å²) in [4.78, 5) is 17.8. The van der Waals surface area contributed by atoms with Crippen molar-refractivity contribution in [1.29, 1.82) is 0 Å². The largest absolute Gasteiger partial charge is 0.335 e. The molecule has 0 radical (unpaired) electrons. The Hall–Kier alpha value is -2.43. The smallest absolute Gasteiger partial charge is 0.254 e. The van der Waals surface area contributed by atoms with Crippen LogP contribution in [0.3, 0.4) is 0 Å². The molecular weight excluding hydrogens is 448 g/mol. The van der Waals surface area contributed by atoms with Gasteiger partial charge >= 0.3 is 0 Å². The second kappa shape index (κ2) is 9.80. The van der Waals surface area contributed by atoms with E-state index in [1.807, 2.05) is 24.3 Å². The molecule has 2 aromatic rings. The molecule has 0 aromatic heterocycles. The number of hydrogen-bond acceptors (Lipinski definition) is 2. The van der Waals surface area contributed by atoms with Crippen LogP contribution in [0.5, 0.6) is 0 Å². The molecule has 1 saturated heterocycles. The maximum atomic E-state index is 13.2. The van der Waals surface area contributed by atoms with Crippen LogP contribution in [-0.4, -0.2) is 41.4 Å². The lowest BCUT2D eigenvalue weighted by molar-refractivity contribution is 0.0523. The van der Waals surface area contributed by atoms with Crippen molar-refractivity contribution in [2.75, 3.05) is 19.6 Å². The number of benzene rings is 2. The van der Waals surface area contributed by atoms with E-state index in [2.05, 4.69) is 81.4 Å². The average molecular weight is 477 g/mol. The molecule has 2 aliphatic rings. The van der Waals surface area contributed by atoms with Crippen molar-refractivity contribution in [2.24, 2.45) is 0 Å². The minimum absolute atomic E-state index is 0.160. The topological polar surface area (TPSA) is 23.6 Å². The molecule has 2 aliphatic heterocycles. The van der Waals surface area contributed by atoms with Gasteiger partial charge in [0.2, 0.25) is 0 Å². The highest BCUT2D eigenvalue weighted by Crippen LogP contribution is 2.34. The van der Waals surface area contributed by atoms with Crippen LogP contribution in [0.1, 0.15) is 40.4 Å². The summed E-state index contributed by atoms with van der Waals surface area (Å²) in [6.07, 6.45) is 8.73. The molecule has 4 rings (SSSR count). The molecule has 2 aromatic carbocycles. The van der Waals surface area contributed by atoms with Crippen LogP contribution in [0, 0.1) is 0 Å². The van der Waals surface area contributed by atoms with Crippen molar-refractivity contribution in [1.82, 2.24) is 9.80 Å². The Labute approximate surface area is 193 Å². The summed E-state index contributed by atoms with van der Waals surface area (Å²) < 4.78 is 1.04. The molecule has 2 heterocycles. The van der Waals surface area contributed by atoms with Crippen LogP contribution in [0.4, 0.5) is 0 Å². The fourth-order valence-corrected chi connectivity index (χ4v) is 5.34. The van der Waals surface area contributed by atoms with Crippen molar-refractivity contribution in [2.45, 2.75) is 31.3 Å². The van der Waals surface area contributed by atoms with Gasteiger partial charge in [-0.15, -0.1) is 0 Å². The number of nitrogens with zero attached hydrogens (tertiary/aromatic N) is 2. The van der Waals surface area contributed by atoms with Gasteiger partial charge in [-0.25, -0.2) is 0 Å². The molecular formula is C27H29BrN2O. The van der Waals surface area contributed by atoms with Crippen LogP contribution in [0.25, 0.3) is 0 Å². The Bertz CT molecular complexity index is 990. The van der Waals surface area contributed by atoms with E-state index in [0.717, 1.165) is 60.1 Å². The predicted octanol–water partition coefficient (Wildman–Crippen LogP) is 5.95. The van der Waals surface area contributed by atoms with Crippen molar-refractivity contribution in [3.05, 3.63) is 107 Å². The summed E-state index contributed by atoms with van der Waals surface area (Å²) in [7, 11) is 0. The monoisotopic (exact) mass is 476 g/mol. The Morgan fingerprint density at radius 2 is 1.81 bits per heavy atom. The summed E-state index contributed by atoms with van der Waals surface area (Å²) in [5.41, 5.74) is 4.44. The molecule has 0 saturated carbocycles. The van der Waals surface area contributed by atoms with Gasteiger partial charge in [0.15, 0.2) is 0 Å². The third-order valence-electron chi connectivity index (χ3n) is 6.46. The Balaban J connectivity index is 1.50. The summed E-state index contributed by atoms with van der Waals surface area (Å²) in [5, 5.41) is 0. The van der Waals surface area contributed by atoms with Gasteiger partial charge in [0.1, 0.15) is 0 Å². The van der Waals surface area contributed by atoms with Gasteiger partial charge in [-0.1, -0.05) is 77.6 Å². The highest BCUT2D eigenvalue weighted by Gasteiger charge is 2.34. The number of rotatable bonds is 6. The van der Waals surface area contributed by atoms with E-state index in [1.54, 1.807) is 0 Å². The first-order valence-electron chi connectivity index (χ1n) is 11.0. The van der Waals surface area contributed by atoms with Crippen LogP contribution < -0.4 is 0 Å². The van der Waals surface area contributed by atoms with Crippen LogP contribution in [-0.2, 0) is 6.42 Å². The lowest BCUT2D eigenvalue weighted by Crippen LogP contribution is -2.50. The minimum Gasteiger partial charge on any atom is -0.335 e. The number of hydrogen-bond donors (Lipinski definition) is 0. The number of amides is 1. The number of fused-ring (bicyclic) bond motifs is 1. The molecule has 3 nitrogen and oxygen atoms in total. The maximum absolute atomic E-state index is 13.2. The second-order valence-corrected chi connectivity index (χ2v) is 9.15. The first-order chi connectivity index (χ1) is 15.1. The molecule has 0 aliphatic carbocycles. The second-order valence-electron chi connectivity index (χ2n) is 8.24. The number of carbonyl (C=O) groups excluding carboxylic acids is 1. The highest BCUT2D eigenvalue weighted by molar-refractivity contribution is 9.10. The molecule has 160 valence electrons. The minimum atomic E-state index is 0.160. The summed E-state index contributed by atoms with van der Waals surface area (Å²) in [6, 6.07) is 17.1. The summed E-state index contributed by atoms with van der Waals surface area (Å²) >= 11 is 3.52. The lowest BCUT2D eigenvalue weighted by Gasteiger charge is -2.43. The zero-order valence-corrected chi connectivity index (χ0v) is 19.4. The van der Waals surface area contributed by atoms with Crippen molar-refractivity contribution < 1.29 is 4.79 Å². The van der Waals surface area contributed by atoms with E-state index in [9.17, 15) is 4.79 Å². The van der Waals surface area contributed by atoms with Gasteiger partial charge in [0, 0.05) is 35.7 Å². The number of halogens is 1. The lowest BCUT2D eigenvalue weighted by atomic mass is 9.91. The standard InChI is InChI=1S/C27H29BrN2O/c1-3-8-20(4-2)26(21-9-6-5-7-10-21)29-16-14-24(15-17-29)30-18-13-22-19-23(28)11-12-25(22)27(30)31/h3-12,19,24,26H,1-2,13-18H2/b20-8+. The van der Waals surface area contributed by atoms with E-state index in [-0.39, 0.29) is 11.9 Å². The molecule has 1 atom stereocenters. The zero-order chi connectivity index (χ0) is 21.8. The predicted molar refractivity (Wildman–Crippen MR) is 131 cm³/mol. The van der Waals surface area contributed by atoms with Crippen molar-refractivity contribution >= 4 is 21.8 Å². The van der Waals surface area contributed by atoms with Gasteiger partial charge < -0.3 is 4.90 Å². The fraction of sp³-hybridized carbons (Fsp3) is 0.296. The fourth-order valence-electron chi connectivity index (χ4n) is 4.94. The van der Waals surface area contributed by atoms with Crippen LogP contribution in [0.15, 0.2) is 90.0 Å². The van der Waals surface area contributed by atoms with Crippen molar-refractivity contribution in [3.63, 3.8) is 0 Å². The van der Waals surface area contributed by atoms with Crippen LogP contribution >= 0.6 is 15.9 Å². The quantitative estimate of drug-likeness (QED) is 0.480. The number of piperidine rings is 1.